The first-order valence-electron chi connectivity index (χ1n) is 6.86. The number of benzene rings is 2. The maximum absolute atomic E-state index is 6.22. The molecule has 1 unspecified atom stereocenters. The van der Waals surface area contributed by atoms with Crippen molar-refractivity contribution in [1.29, 1.82) is 0 Å². The van der Waals surface area contributed by atoms with Crippen molar-refractivity contribution in [2.75, 3.05) is 13.6 Å². The quantitative estimate of drug-likeness (QED) is 0.883. The first-order chi connectivity index (χ1) is 9.63. The van der Waals surface area contributed by atoms with Gasteiger partial charge < -0.3 is 10.6 Å². The van der Waals surface area contributed by atoms with Crippen LogP contribution < -0.4 is 5.73 Å². The zero-order valence-electron chi connectivity index (χ0n) is 11.8. The average Bonchev–Trinajstić information content (AvgIpc) is 2.42. The number of rotatable bonds is 6. The Morgan fingerprint density at radius 1 is 1.00 bits per heavy atom. The predicted octanol–water partition coefficient (Wildman–Crippen LogP) is 3.34. The van der Waals surface area contributed by atoms with Crippen molar-refractivity contribution >= 4 is 11.6 Å². The number of nitrogens with zero attached hydrogens (tertiary/aromatic N) is 1. The van der Waals surface area contributed by atoms with E-state index in [0.29, 0.717) is 0 Å². The normalized spacial score (nSPS) is 12.6. The summed E-state index contributed by atoms with van der Waals surface area (Å²) in [6.07, 6.45) is 0.909. The molecule has 2 aromatic carbocycles. The van der Waals surface area contributed by atoms with E-state index in [4.69, 9.17) is 17.3 Å². The fourth-order valence-corrected chi connectivity index (χ4v) is 2.47. The fourth-order valence-electron chi connectivity index (χ4n) is 2.35. The number of hydrogen-bond donors (Lipinski definition) is 1. The molecule has 0 heterocycles. The van der Waals surface area contributed by atoms with Gasteiger partial charge in [-0.1, -0.05) is 54.1 Å². The lowest BCUT2D eigenvalue weighted by atomic mass is 10.1. The van der Waals surface area contributed by atoms with Gasteiger partial charge in [-0.2, -0.15) is 0 Å². The summed E-state index contributed by atoms with van der Waals surface area (Å²) in [6, 6.07) is 18.5. The Bertz CT molecular complexity index is 510. The second-order valence-electron chi connectivity index (χ2n) is 5.27. The Labute approximate surface area is 126 Å². The van der Waals surface area contributed by atoms with Gasteiger partial charge in [0.1, 0.15) is 0 Å². The van der Waals surface area contributed by atoms with E-state index in [1.807, 2.05) is 18.2 Å². The molecule has 0 radical (unpaired) electrons. The van der Waals surface area contributed by atoms with E-state index in [-0.39, 0.29) is 6.04 Å². The lowest BCUT2D eigenvalue weighted by Crippen LogP contribution is -2.36. The zero-order chi connectivity index (χ0) is 14.4. The summed E-state index contributed by atoms with van der Waals surface area (Å²) >= 11 is 5.89. The summed E-state index contributed by atoms with van der Waals surface area (Å²) in [5, 5.41) is 0.775. The van der Waals surface area contributed by atoms with Crippen LogP contribution in [0.1, 0.15) is 11.1 Å². The van der Waals surface area contributed by atoms with E-state index < -0.39 is 0 Å². The summed E-state index contributed by atoms with van der Waals surface area (Å²) in [4.78, 5) is 2.25. The van der Waals surface area contributed by atoms with Gasteiger partial charge in [0.15, 0.2) is 0 Å². The maximum atomic E-state index is 6.22. The molecule has 2 nitrogen and oxygen atoms in total. The molecule has 0 saturated carbocycles. The largest absolute Gasteiger partial charge is 0.326 e. The third kappa shape index (κ3) is 4.97. The van der Waals surface area contributed by atoms with E-state index in [0.717, 1.165) is 24.5 Å². The topological polar surface area (TPSA) is 29.3 Å². The van der Waals surface area contributed by atoms with Gasteiger partial charge in [-0.3, -0.25) is 0 Å². The van der Waals surface area contributed by atoms with Gasteiger partial charge in [0.05, 0.1) is 0 Å². The van der Waals surface area contributed by atoms with Crippen LogP contribution in [0, 0.1) is 0 Å². The molecule has 20 heavy (non-hydrogen) atoms. The van der Waals surface area contributed by atoms with Crippen LogP contribution in [0.3, 0.4) is 0 Å². The number of hydrogen-bond acceptors (Lipinski definition) is 2. The van der Waals surface area contributed by atoms with Crippen molar-refractivity contribution in [1.82, 2.24) is 4.90 Å². The molecule has 3 heteroatoms. The zero-order valence-corrected chi connectivity index (χ0v) is 12.6. The highest BCUT2D eigenvalue weighted by atomic mass is 35.5. The summed E-state index contributed by atoms with van der Waals surface area (Å²) in [5.74, 6) is 0. The van der Waals surface area contributed by atoms with Crippen molar-refractivity contribution in [2.45, 2.75) is 19.0 Å². The third-order valence-electron chi connectivity index (χ3n) is 3.25. The number of likely N-dealkylation sites (N-methyl/N-ethyl adjacent to an activating group) is 1. The molecule has 0 bridgehead atoms. The Kier molecular flexibility index (Phi) is 5.60. The van der Waals surface area contributed by atoms with Gasteiger partial charge >= 0.3 is 0 Å². The number of nitrogens with two attached hydrogens (primary N) is 1. The first-order valence-corrected chi connectivity index (χ1v) is 7.24. The minimum atomic E-state index is 0.148. The van der Waals surface area contributed by atoms with Crippen LogP contribution in [-0.4, -0.2) is 24.5 Å². The molecule has 2 aromatic rings. The molecule has 0 amide bonds. The average molecular weight is 289 g/mol. The van der Waals surface area contributed by atoms with Crippen LogP contribution in [0.5, 0.6) is 0 Å². The Hall–Kier alpha value is -1.35. The summed E-state index contributed by atoms with van der Waals surface area (Å²) in [6.45, 7) is 1.76. The highest BCUT2D eigenvalue weighted by Crippen LogP contribution is 2.11. The second kappa shape index (κ2) is 7.44. The molecule has 0 spiro atoms. The van der Waals surface area contributed by atoms with Crippen molar-refractivity contribution in [3.05, 3.63) is 70.7 Å². The lowest BCUT2D eigenvalue weighted by Gasteiger charge is -2.21. The number of halogens is 1. The van der Waals surface area contributed by atoms with E-state index in [2.05, 4.69) is 48.3 Å². The van der Waals surface area contributed by atoms with Crippen molar-refractivity contribution in [2.24, 2.45) is 5.73 Å². The van der Waals surface area contributed by atoms with Crippen LogP contribution in [0.2, 0.25) is 5.02 Å². The predicted molar refractivity (Wildman–Crippen MR) is 85.9 cm³/mol. The monoisotopic (exact) mass is 288 g/mol. The summed E-state index contributed by atoms with van der Waals surface area (Å²) in [5.41, 5.74) is 8.77. The Morgan fingerprint density at radius 2 is 1.65 bits per heavy atom. The minimum absolute atomic E-state index is 0.148. The molecule has 0 aromatic heterocycles. The molecule has 1 atom stereocenters. The molecule has 0 fully saturated rings. The van der Waals surface area contributed by atoms with Gasteiger partial charge in [0.2, 0.25) is 0 Å². The molecule has 0 aliphatic heterocycles. The van der Waals surface area contributed by atoms with Crippen molar-refractivity contribution < 1.29 is 0 Å². The Morgan fingerprint density at radius 3 is 2.30 bits per heavy atom. The highest BCUT2D eigenvalue weighted by Gasteiger charge is 2.08. The van der Waals surface area contributed by atoms with Crippen LogP contribution in [0.4, 0.5) is 0 Å². The second-order valence-corrected chi connectivity index (χ2v) is 5.71. The van der Waals surface area contributed by atoms with Gasteiger partial charge in [-0.05, 0) is 36.7 Å². The summed E-state index contributed by atoms with van der Waals surface area (Å²) < 4.78 is 0. The Balaban J connectivity index is 1.81. The molecule has 0 saturated heterocycles. The van der Waals surface area contributed by atoms with E-state index in [1.165, 1.54) is 11.1 Å². The molecule has 2 rings (SSSR count). The van der Waals surface area contributed by atoms with Crippen LogP contribution in [0.15, 0.2) is 54.6 Å². The van der Waals surface area contributed by atoms with E-state index >= 15 is 0 Å². The van der Waals surface area contributed by atoms with Crippen LogP contribution >= 0.6 is 11.6 Å². The third-order valence-corrected chi connectivity index (χ3v) is 3.50. The van der Waals surface area contributed by atoms with Crippen LogP contribution in [0.25, 0.3) is 0 Å². The lowest BCUT2D eigenvalue weighted by molar-refractivity contribution is 0.302. The molecule has 0 aliphatic carbocycles. The molecule has 2 N–H and O–H groups in total. The molecule has 106 valence electrons. The smallest absolute Gasteiger partial charge is 0.0406 e. The van der Waals surface area contributed by atoms with Gasteiger partial charge in [0.25, 0.3) is 0 Å². The molecular formula is C17H21ClN2. The van der Waals surface area contributed by atoms with Gasteiger partial charge in [0, 0.05) is 24.2 Å². The molecule has 0 aliphatic rings. The SMILES string of the molecule is CN(Cc1ccc(Cl)cc1)CC(N)Cc1ccccc1. The van der Waals surface area contributed by atoms with Crippen molar-refractivity contribution in [3.63, 3.8) is 0 Å². The van der Waals surface area contributed by atoms with E-state index in [1.54, 1.807) is 0 Å². The summed E-state index contributed by atoms with van der Waals surface area (Å²) in [7, 11) is 2.10. The maximum Gasteiger partial charge on any atom is 0.0406 e. The van der Waals surface area contributed by atoms with Gasteiger partial charge in [-0.15, -0.1) is 0 Å². The minimum Gasteiger partial charge on any atom is -0.326 e. The highest BCUT2D eigenvalue weighted by molar-refractivity contribution is 6.30. The van der Waals surface area contributed by atoms with E-state index in [9.17, 15) is 0 Å². The molecular weight excluding hydrogens is 268 g/mol. The van der Waals surface area contributed by atoms with Crippen molar-refractivity contribution in [3.8, 4) is 0 Å². The first kappa shape index (κ1) is 15.0. The fraction of sp³-hybridized carbons (Fsp3) is 0.294. The van der Waals surface area contributed by atoms with Crippen LogP contribution in [-0.2, 0) is 13.0 Å². The van der Waals surface area contributed by atoms with Gasteiger partial charge in [-0.25, -0.2) is 0 Å². The standard InChI is InChI=1S/C17H21ClN2/c1-20(12-15-7-9-16(18)10-8-15)13-17(19)11-14-5-3-2-4-6-14/h2-10,17H,11-13,19H2,1H3.